The van der Waals surface area contributed by atoms with Crippen LogP contribution in [0.3, 0.4) is 0 Å². The van der Waals surface area contributed by atoms with Crippen LogP contribution < -0.4 is 11.1 Å². The van der Waals surface area contributed by atoms with Gasteiger partial charge < -0.3 is 20.5 Å². The third-order valence-corrected chi connectivity index (χ3v) is 1.70. The topological polar surface area (TPSA) is 116 Å². The van der Waals surface area contributed by atoms with Crippen molar-refractivity contribution in [2.75, 3.05) is 25.6 Å². The summed E-state index contributed by atoms with van der Waals surface area (Å²) in [6.07, 6.45) is 1.82. The summed E-state index contributed by atoms with van der Waals surface area (Å²) in [6.45, 7) is 0.463. The number of anilines is 1. The highest BCUT2D eigenvalue weighted by atomic mass is 16.5. The summed E-state index contributed by atoms with van der Waals surface area (Å²) in [7, 11) is 1.26. The zero-order valence-electron chi connectivity index (χ0n) is 9.17. The second kappa shape index (κ2) is 6.26. The van der Waals surface area contributed by atoms with E-state index in [9.17, 15) is 9.59 Å². The van der Waals surface area contributed by atoms with E-state index in [1.165, 1.54) is 19.5 Å². The first kappa shape index (κ1) is 12.7. The van der Waals surface area contributed by atoms with E-state index in [2.05, 4.69) is 24.8 Å². The van der Waals surface area contributed by atoms with Gasteiger partial charge in [-0.05, 0) is 0 Å². The fourth-order valence-electron chi connectivity index (χ4n) is 0.960. The number of primary amides is 1. The molecular formula is C9H12N4O4. The van der Waals surface area contributed by atoms with Crippen LogP contribution in [0.4, 0.5) is 10.6 Å². The first-order valence-corrected chi connectivity index (χ1v) is 4.70. The molecule has 0 saturated heterocycles. The minimum absolute atomic E-state index is 0.117. The van der Waals surface area contributed by atoms with E-state index in [-0.39, 0.29) is 12.3 Å². The van der Waals surface area contributed by atoms with Crippen LogP contribution in [0.2, 0.25) is 0 Å². The van der Waals surface area contributed by atoms with Crippen LogP contribution in [-0.4, -0.2) is 42.3 Å². The van der Waals surface area contributed by atoms with Gasteiger partial charge in [-0.1, -0.05) is 0 Å². The molecule has 8 nitrogen and oxygen atoms in total. The van der Waals surface area contributed by atoms with E-state index in [1.54, 1.807) is 0 Å². The van der Waals surface area contributed by atoms with Crippen molar-refractivity contribution in [1.29, 1.82) is 0 Å². The minimum atomic E-state index is -0.834. The summed E-state index contributed by atoms with van der Waals surface area (Å²) in [6, 6.07) is 0. The number of hydrogen-bond acceptors (Lipinski definition) is 7. The number of aromatic nitrogens is 2. The predicted molar refractivity (Wildman–Crippen MR) is 57.4 cm³/mol. The number of nitrogens with two attached hydrogens (primary N) is 1. The maximum absolute atomic E-state index is 11.0. The second-order valence-electron chi connectivity index (χ2n) is 2.87. The van der Waals surface area contributed by atoms with Gasteiger partial charge in [-0.15, -0.1) is 0 Å². The molecule has 1 aromatic heterocycles. The Hall–Kier alpha value is -2.38. The van der Waals surface area contributed by atoms with Crippen molar-refractivity contribution in [2.45, 2.75) is 0 Å². The minimum Gasteiger partial charge on any atom is -0.464 e. The smallest absolute Gasteiger partial charge is 0.404 e. The lowest BCUT2D eigenvalue weighted by molar-refractivity contribution is 0.0593. The monoisotopic (exact) mass is 240 g/mol. The number of esters is 1. The number of carbonyl (C=O) groups excluding carboxylic acids is 2. The van der Waals surface area contributed by atoms with Gasteiger partial charge in [-0.25, -0.2) is 19.6 Å². The van der Waals surface area contributed by atoms with Crippen molar-refractivity contribution in [1.82, 2.24) is 9.97 Å². The van der Waals surface area contributed by atoms with Crippen molar-refractivity contribution < 1.29 is 19.1 Å². The molecule has 0 bridgehead atoms. The van der Waals surface area contributed by atoms with E-state index >= 15 is 0 Å². The number of carbonyl (C=O) groups is 2. The molecule has 1 aromatic rings. The second-order valence-corrected chi connectivity index (χ2v) is 2.87. The Kier molecular flexibility index (Phi) is 4.67. The molecule has 0 atom stereocenters. The molecule has 1 heterocycles. The van der Waals surface area contributed by atoms with Gasteiger partial charge in [0, 0.05) is 0 Å². The van der Waals surface area contributed by atoms with Gasteiger partial charge in [0.25, 0.3) is 0 Å². The van der Waals surface area contributed by atoms with Crippen molar-refractivity contribution >= 4 is 17.9 Å². The number of methoxy groups -OCH3 is 1. The van der Waals surface area contributed by atoms with Gasteiger partial charge >= 0.3 is 12.1 Å². The van der Waals surface area contributed by atoms with E-state index in [0.717, 1.165) is 0 Å². The molecule has 0 aliphatic carbocycles. The SMILES string of the molecule is COC(=O)c1cnc(NCCOC(N)=O)cn1. The average molecular weight is 240 g/mol. The van der Waals surface area contributed by atoms with Gasteiger partial charge in [-0.2, -0.15) is 0 Å². The quantitative estimate of drug-likeness (QED) is 0.539. The lowest BCUT2D eigenvalue weighted by atomic mass is 10.4. The Morgan fingerprint density at radius 3 is 2.71 bits per heavy atom. The molecule has 0 radical (unpaired) electrons. The number of ether oxygens (including phenoxy) is 2. The van der Waals surface area contributed by atoms with Crippen LogP contribution in [0, 0.1) is 0 Å². The van der Waals surface area contributed by atoms with Gasteiger partial charge in [0.15, 0.2) is 5.69 Å². The molecule has 8 heteroatoms. The summed E-state index contributed by atoms with van der Waals surface area (Å²) in [5.74, 6) is -0.105. The van der Waals surface area contributed by atoms with Gasteiger partial charge in [0.2, 0.25) is 0 Å². The lowest BCUT2D eigenvalue weighted by Crippen LogP contribution is -2.18. The Bertz CT molecular complexity index is 392. The van der Waals surface area contributed by atoms with Crippen molar-refractivity contribution in [3.8, 4) is 0 Å². The highest BCUT2D eigenvalue weighted by molar-refractivity contribution is 5.86. The van der Waals surface area contributed by atoms with Crippen LogP contribution >= 0.6 is 0 Å². The zero-order chi connectivity index (χ0) is 12.7. The summed E-state index contributed by atoms with van der Waals surface area (Å²) in [5, 5.41) is 2.83. The predicted octanol–water partition coefficient (Wildman–Crippen LogP) is -0.230. The molecule has 0 aromatic carbocycles. The van der Waals surface area contributed by atoms with Gasteiger partial charge in [-0.3, -0.25) is 0 Å². The maximum Gasteiger partial charge on any atom is 0.404 e. The number of hydrogen-bond donors (Lipinski definition) is 2. The Labute approximate surface area is 97.1 Å². The van der Waals surface area contributed by atoms with Crippen LogP contribution in [0.1, 0.15) is 10.5 Å². The third kappa shape index (κ3) is 4.33. The van der Waals surface area contributed by atoms with Crippen molar-refractivity contribution in [2.24, 2.45) is 5.73 Å². The molecule has 17 heavy (non-hydrogen) atoms. The molecule has 1 amide bonds. The fraction of sp³-hybridized carbons (Fsp3) is 0.333. The molecule has 0 aliphatic heterocycles. The molecule has 0 unspecified atom stereocenters. The number of nitrogens with zero attached hydrogens (tertiary/aromatic N) is 2. The number of rotatable bonds is 5. The first-order chi connectivity index (χ1) is 8.13. The Morgan fingerprint density at radius 2 is 2.18 bits per heavy atom. The standard InChI is InChI=1S/C9H12N4O4/c1-16-8(14)6-4-13-7(5-12-6)11-2-3-17-9(10)15/h4-5H,2-3H2,1H3,(H2,10,15)(H,11,13). The molecule has 92 valence electrons. The largest absolute Gasteiger partial charge is 0.464 e. The number of amides is 1. The van der Waals surface area contributed by atoms with Crippen molar-refractivity contribution in [3.05, 3.63) is 18.1 Å². The van der Waals surface area contributed by atoms with Crippen LogP contribution in [0.5, 0.6) is 0 Å². The zero-order valence-corrected chi connectivity index (χ0v) is 9.17. The lowest BCUT2D eigenvalue weighted by Gasteiger charge is -2.05. The Morgan fingerprint density at radius 1 is 1.41 bits per heavy atom. The van der Waals surface area contributed by atoms with Crippen LogP contribution in [-0.2, 0) is 9.47 Å². The molecular weight excluding hydrogens is 228 g/mol. The molecule has 3 N–H and O–H groups in total. The highest BCUT2D eigenvalue weighted by Crippen LogP contribution is 2.01. The normalized spacial score (nSPS) is 9.47. The number of nitrogens with one attached hydrogen (secondary N) is 1. The van der Waals surface area contributed by atoms with E-state index in [0.29, 0.717) is 12.4 Å². The van der Waals surface area contributed by atoms with Crippen LogP contribution in [0.25, 0.3) is 0 Å². The van der Waals surface area contributed by atoms with Crippen molar-refractivity contribution in [3.63, 3.8) is 0 Å². The molecule has 0 fully saturated rings. The summed E-state index contributed by atoms with van der Waals surface area (Å²) in [5.41, 5.74) is 4.89. The highest BCUT2D eigenvalue weighted by Gasteiger charge is 2.06. The fourth-order valence-corrected chi connectivity index (χ4v) is 0.960. The molecule has 0 spiro atoms. The average Bonchev–Trinajstić information content (AvgIpc) is 2.34. The summed E-state index contributed by atoms with van der Waals surface area (Å²) < 4.78 is 8.96. The van der Waals surface area contributed by atoms with Crippen LogP contribution in [0.15, 0.2) is 12.4 Å². The van der Waals surface area contributed by atoms with Gasteiger partial charge in [0.05, 0.1) is 26.0 Å². The van der Waals surface area contributed by atoms with E-state index < -0.39 is 12.1 Å². The van der Waals surface area contributed by atoms with E-state index in [4.69, 9.17) is 5.73 Å². The summed E-state index contributed by atoms with van der Waals surface area (Å²) >= 11 is 0. The molecule has 0 aliphatic rings. The maximum atomic E-state index is 11.0. The van der Waals surface area contributed by atoms with E-state index in [1.807, 2.05) is 0 Å². The molecule has 0 saturated carbocycles. The Balaban J connectivity index is 2.40. The molecule has 1 rings (SSSR count). The third-order valence-electron chi connectivity index (χ3n) is 1.70. The first-order valence-electron chi connectivity index (χ1n) is 4.70. The van der Waals surface area contributed by atoms with Gasteiger partial charge in [0.1, 0.15) is 12.4 Å². The summed E-state index contributed by atoms with van der Waals surface area (Å²) in [4.78, 5) is 29.0.